The van der Waals surface area contributed by atoms with Crippen molar-refractivity contribution in [3.63, 3.8) is 0 Å². The first-order valence-corrected chi connectivity index (χ1v) is 7.40. The molecule has 23 heavy (non-hydrogen) atoms. The van der Waals surface area contributed by atoms with Gasteiger partial charge in [-0.25, -0.2) is 19.2 Å². The molecule has 0 bridgehead atoms. The highest BCUT2D eigenvalue weighted by molar-refractivity contribution is 6.18. The molecule has 1 heterocycles. The minimum atomic E-state index is -2.19. The van der Waals surface area contributed by atoms with Crippen molar-refractivity contribution in [2.45, 2.75) is 39.3 Å². The zero-order valence-electron chi connectivity index (χ0n) is 13.6. The van der Waals surface area contributed by atoms with Crippen LogP contribution in [0.5, 0.6) is 0 Å². The molecule has 130 valence electrons. The molecule has 9 heteroatoms. The average molecular weight is 331 g/mol. The van der Waals surface area contributed by atoms with Gasteiger partial charge in [0.15, 0.2) is 6.04 Å². The Hall–Kier alpha value is -2.32. The molecule has 0 aromatic heterocycles. The molecule has 0 aliphatic carbocycles. The fourth-order valence-electron chi connectivity index (χ4n) is 2.22. The fraction of sp³-hybridized carbons (Fsp3) is 0.714. The first-order valence-electron chi connectivity index (χ1n) is 7.40. The summed E-state index contributed by atoms with van der Waals surface area (Å²) in [6.45, 7) is 6.14. The van der Waals surface area contributed by atoms with E-state index in [2.05, 4.69) is 0 Å². The van der Waals surface area contributed by atoms with Gasteiger partial charge in [0.25, 0.3) is 5.54 Å². The second-order valence-electron chi connectivity index (χ2n) is 4.43. The SMILES string of the molecule is CCOC(=O)C1N(C(=O)OCC)C1(C(=O)OCC)C(=O)OCC. The minimum absolute atomic E-state index is 0.00656. The fourth-order valence-corrected chi connectivity index (χ4v) is 2.22. The van der Waals surface area contributed by atoms with E-state index in [9.17, 15) is 19.2 Å². The standard InChI is InChI=1S/C14H21NO8/c1-5-20-10(16)9-14(11(17)21-6-2,12(18)22-7-3)15(9)13(19)23-8-4/h9H,5-8H2,1-4H3. The van der Waals surface area contributed by atoms with Crippen LogP contribution in [-0.2, 0) is 33.3 Å². The van der Waals surface area contributed by atoms with Crippen LogP contribution in [0, 0.1) is 0 Å². The minimum Gasteiger partial charge on any atom is -0.464 e. The van der Waals surface area contributed by atoms with Crippen LogP contribution in [0.25, 0.3) is 0 Å². The number of amides is 1. The van der Waals surface area contributed by atoms with Crippen molar-refractivity contribution >= 4 is 24.0 Å². The summed E-state index contributed by atoms with van der Waals surface area (Å²) in [5.41, 5.74) is -2.19. The Morgan fingerprint density at radius 3 is 1.61 bits per heavy atom. The number of carbonyl (C=O) groups excluding carboxylic acids is 4. The van der Waals surface area contributed by atoms with E-state index in [4.69, 9.17) is 18.9 Å². The van der Waals surface area contributed by atoms with Gasteiger partial charge >= 0.3 is 24.0 Å². The molecular weight excluding hydrogens is 310 g/mol. The molecule has 1 fully saturated rings. The molecule has 0 saturated carbocycles. The maximum Gasteiger partial charge on any atom is 0.412 e. The highest BCUT2D eigenvalue weighted by Gasteiger charge is 2.82. The van der Waals surface area contributed by atoms with Crippen molar-refractivity contribution in [2.24, 2.45) is 0 Å². The van der Waals surface area contributed by atoms with Crippen LogP contribution in [-0.4, -0.2) is 66.9 Å². The maximum atomic E-state index is 12.3. The normalized spacial score (nSPS) is 17.9. The largest absolute Gasteiger partial charge is 0.464 e. The summed E-state index contributed by atoms with van der Waals surface area (Å²) in [6, 6.07) is -1.46. The summed E-state index contributed by atoms with van der Waals surface area (Å²) in [6.07, 6.45) is -0.994. The summed E-state index contributed by atoms with van der Waals surface area (Å²) in [5, 5.41) is 0. The molecule has 1 saturated heterocycles. The van der Waals surface area contributed by atoms with Gasteiger partial charge in [0, 0.05) is 0 Å². The Morgan fingerprint density at radius 1 is 0.783 bits per heavy atom. The number of hydrogen-bond donors (Lipinski definition) is 0. The molecule has 1 aliphatic rings. The zero-order chi connectivity index (χ0) is 17.6. The first kappa shape index (κ1) is 18.7. The van der Waals surface area contributed by atoms with Crippen LogP contribution in [0.15, 0.2) is 0 Å². The quantitative estimate of drug-likeness (QED) is 0.283. The summed E-state index contributed by atoms with van der Waals surface area (Å²) in [5.74, 6) is -3.00. The highest BCUT2D eigenvalue weighted by atomic mass is 16.6. The molecule has 9 nitrogen and oxygen atoms in total. The lowest BCUT2D eigenvalue weighted by molar-refractivity contribution is -0.162. The van der Waals surface area contributed by atoms with Crippen LogP contribution >= 0.6 is 0 Å². The number of rotatable bonds is 7. The maximum absolute atomic E-state index is 12.3. The van der Waals surface area contributed by atoms with Crippen LogP contribution in [0.2, 0.25) is 0 Å². The Morgan fingerprint density at radius 2 is 1.22 bits per heavy atom. The van der Waals surface area contributed by atoms with Crippen LogP contribution < -0.4 is 0 Å². The molecule has 1 aliphatic heterocycles. The average Bonchev–Trinajstić information content (AvgIpc) is 3.20. The van der Waals surface area contributed by atoms with Crippen molar-refractivity contribution in [3.05, 3.63) is 0 Å². The second-order valence-corrected chi connectivity index (χ2v) is 4.43. The third-order valence-electron chi connectivity index (χ3n) is 3.11. The van der Waals surface area contributed by atoms with Gasteiger partial charge in [-0.15, -0.1) is 0 Å². The molecule has 0 aromatic carbocycles. The molecule has 1 rings (SSSR count). The lowest BCUT2D eigenvalue weighted by Gasteiger charge is -2.14. The summed E-state index contributed by atoms with van der Waals surface area (Å²) >= 11 is 0. The summed E-state index contributed by atoms with van der Waals surface area (Å²) in [7, 11) is 0. The molecular formula is C14H21NO8. The number of nitrogens with zero attached hydrogens (tertiary/aromatic N) is 1. The molecule has 0 N–H and O–H groups in total. The van der Waals surface area contributed by atoms with Crippen LogP contribution in [0.3, 0.4) is 0 Å². The van der Waals surface area contributed by atoms with Crippen molar-refractivity contribution in [2.75, 3.05) is 26.4 Å². The Kier molecular flexibility index (Phi) is 6.35. The van der Waals surface area contributed by atoms with Crippen molar-refractivity contribution in [1.29, 1.82) is 0 Å². The summed E-state index contributed by atoms with van der Waals surface area (Å²) in [4.78, 5) is 49.4. The Bertz CT molecular complexity index is 445. The van der Waals surface area contributed by atoms with E-state index < -0.39 is 35.6 Å². The van der Waals surface area contributed by atoms with Gasteiger partial charge < -0.3 is 18.9 Å². The third-order valence-corrected chi connectivity index (χ3v) is 3.11. The van der Waals surface area contributed by atoms with Gasteiger partial charge in [0.1, 0.15) is 0 Å². The lowest BCUT2D eigenvalue weighted by atomic mass is 10.1. The number of hydrogen-bond acceptors (Lipinski definition) is 8. The smallest absolute Gasteiger partial charge is 0.412 e. The van der Waals surface area contributed by atoms with E-state index in [0.29, 0.717) is 4.90 Å². The van der Waals surface area contributed by atoms with Crippen LogP contribution in [0.1, 0.15) is 27.7 Å². The van der Waals surface area contributed by atoms with Gasteiger partial charge in [-0.05, 0) is 27.7 Å². The second kappa shape index (κ2) is 7.80. The van der Waals surface area contributed by atoms with Gasteiger partial charge in [0.05, 0.1) is 26.4 Å². The van der Waals surface area contributed by atoms with Crippen molar-refractivity contribution < 1.29 is 38.1 Å². The molecule has 0 aromatic rings. The van der Waals surface area contributed by atoms with E-state index >= 15 is 0 Å². The van der Waals surface area contributed by atoms with E-state index in [0.717, 1.165) is 0 Å². The highest BCUT2D eigenvalue weighted by Crippen LogP contribution is 2.45. The Balaban J connectivity index is 3.25. The topological polar surface area (TPSA) is 108 Å². The number of ether oxygens (including phenoxy) is 4. The van der Waals surface area contributed by atoms with Gasteiger partial charge in [-0.2, -0.15) is 0 Å². The summed E-state index contributed by atoms with van der Waals surface area (Å²) < 4.78 is 19.3. The van der Waals surface area contributed by atoms with Gasteiger partial charge in [0.2, 0.25) is 0 Å². The van der Waals surface area contributed by atoms with Gasteiger partial charge in [-0.1, -0.05) is 0 Å². The Labute approximate surface area is 133 Å². The van der Waals surface area contributed by atoms with E-state index in [1.54, 1.807) is 13.8 Å². The van der Waals surface area contributed by atoms with E-state index in [1.165, 1.54) is 13.8 Å². The van der Waals surface area contributed by atoms with Crippen LogP contribution in [0.4, 0.5) is 4.79 Å². The monoisotopic (exact) mass is 331 g/mol. The molecule has 0 radical (unpaired) electrons. The molecule has 1 amide bonds. The molecule has 1 atom stereocenters. The lowest BCUT2D eigenvalue weighted by Crippen LogP contribution is -2.44. The van der Waals surface area contributed by atoms with Crippen molar-refractivity contribution in [1.82, 2.24) is 4.90 Å². The van der Waals surface area contributed by atoms with E-state index in [-0.39, 0.29) is 26.4 Å². The predicted molar refractivity (Wildman–Crippen MR) is 75.3 cm³/mol. The number of carbonyl (C=O) groups is 4. The van der Waals surface area contributed by atoms with E-state index in [1.807, 2.05) is 0 Å². The first-order chi connectivity index (χ1) is 10.9. The number of esters is 3. The third kappa shape index (κ3) is 3.22. The molecule has 0 spiro atoms. The molecule has 1 unspecified atom stereocenters. The van der Waals surface area contributed by atoms with Gasteiger partial charge in [-0.3, -0.25) is 4.90 Å². The predicted octanol–water partition coefficient (Wildman–Crippen LogP) is 0.255. The van der Waals surface area contributed by atoms with Crippen molar-refractivity contribution in [3.8, 4) is 0 Å². The zero-order valence-corrected chi connectivity index (χ0v) is 13.6.